The fraction of sp³-hybridized carbons (Fsp3) is 0.188. The van der Waals surface area contributed by atoms with Crippen LogP contribution in [0.1, 0.15) is 43.0 Å². The smallest absolute Gasteiger partial charge is 0.311 e. The molecule has 4 aromatic carbocycles. The Morgan fingerprint density at radius 1 is 0.375 bits per heavy atom. The molecule has 4 nitrogen and oxygen atoms in total. The third kappa shape index (κ3) is 9.51. The maximum absolute atomic E-state index is 12.5. The number of halogens is 12. The molecule has 48 heavy (non-hydrogen) atoms. The molecule has 0 atom stereocenters. The summed E-state index contributed by atoms with van der Waals surface area (Å²) in [5.41, 5.74) is -3.15. The van der Waals surface area contributed by atoms with Crippen molar-refractivity contribution in [3.05, 3.63) is 130 Å². The fourth-order valence-corrected chi connectivity index (χ4v) is 3.97. The van der Waals surface area contributed by atoms with Crippen LogP contribution >= 0.6 is 0 Å². The Morgan fingerprint density at radius 3 is 0.750 bits per heavy atom. The fourth-order valence-electron chi connectivity index (χ4n) is 3.97. The number of hydrogen-bond acceptors (Lipinski definition) is 2. The standard InChI is InChI=1S/2C16H11F6NO/c2*1-23(13-8-6-12(7-9-13)16(20,21)22)14(24)10-2-4-11(5-3-10)15(17,18)19/h2*2-9H,1H3. The monoisotopic (exact) mass is 694 g/mol. The highest BCUT2D eigenvalue weighted by Crippen LogP contribution is 2.33. The van der Waals surface area contributed by atoms with Gasteiger partial charge in [0.15, 0.2) is 0 Å². The number of carbonyl (C=O) groups is 2. The second-order valence-corrected chi connectivity index (χ2v) is 9.97. The minimum atomic E-state index is -4.51. The molecule has 0 unspecified atom stereocenters. The zero-order chi connectivity index (χ0) is 36.2. The average molecular weight is 695 g/mol. The van der Waals surface area contributed by atoms with Gasteiger partial charge < -0.3 is 9.80 Å². The van der Waals surface area contributed by atoms with Gasteiger partial charge in [-0.15, -0.1) is 0 Å². The predicted molar refractivity (Wildman–Crippen MR) is 151 cm³/mol. The molecule has 0 heterocycles. The normalized spacial score (nSPS) is 12.1. The Bertz CT molecular complexity index is 1560. The van der Waals surface area contributed by atoms with Gasteiger partial charge in [-0.25, -0.2) is 0 Å². The highest BCUT2D eigenvalue weighted by atomic mass is 19.4. The molecule has 0 spiro atoms. The van der Waals surface area contributed by atoms with Crippen molar-refractivity contribution in [1.29, 1.82) is 0 Å². The van der Waals surface area contributed by atoms with Gasteiger partial charge in [-0.2, -0.15) is 52.7 Å². The number of amides is 2. The predicted octanol–water partition coefficient (Wildman–Crippen LogP) is 10.0. The molecular weight excluding hydrogens is 672 g/mol. The highest BCUT2D eigenvalue weighted by Gasteiger charge is 2.33. The second-order valence-electron chi connectivity index (χ2n) is 9.97. The molecule has 0 fully saturated rings. The minimum absolute atomic E-state index is 0.00889. The Balaban J connectivity index is 0.000000260. The molecule has 0 aliphatic heterocycles. The first kappa shape index (κ1) is 37.4. The summed E-state index contributed by atoms with van der Waals surface area (Å²) < 4.78 is 150. The van der Waals surface area contributed by atoms with E-state index in [2.05, 4.69) is 0 Å². The lowest BCUT2D eigenvalue weighted by atomic mass is 10.1. The minimum Gasteiger partial charge on any atom is -0.311 e. The van der Waals surface area contributed by atoms with Gasteiger partial charge in [0.05, 0.1) is 22.3 Å². The van der Waals surface area contributed by atoms with Crippen LogP contribution in [0.3, 0.4) is 0 Å². The van der Waals surface area contributed by atoms with Crippen LogP contribution in [0.15, 0.2) is 97.1 Å². The molecular formula is C32H22F12N2O2. The topological polar surface area (TPSA) is 40.6 Å². The number of nitrogens with zero attached hydrogens (tertiary/aromatic N) is 2. The van der Waals surface area contributed by atoms with E-state index < -0.39 is 58.8 Å². The molecule has 0 radical (unpaired) electrons. The molecule has 0 N–H and O–H groups in total. The van der Waals surface area contributed by atoms with Crippen LogP contribution in [0.2, 0.25) is 0 Å². The number of carbonyl (C=O) groups excluding carboxylic acids is 2. The van der Waals surface area contributed by atoms with Crippen molar-refractivity contribution in [2.45, 2.75) is 24.7 Å². The molecule has 0 aliphatic rings. The molecule has 0 aliphatic carbocycles. The van der Waals surface area contributed by atoms with E-state index in [1.165, 1.54) is 14.1 Å². The van der Waals surface area contributed by atoms with Gasteiger partial charge in [0.1, 0.15) is 0 Å². The third-order valence-electron chi connectivity index (χ3n) is 6.69. The van der Waals surface area contributed by atoms with Gasteiger partial charge in [0, 0.05) is 36.6 Å². The summed E-state index contributed by atoms with van der Waals surface area (Å²) in [6.45, 7) is 0. The summed E-state index contributed by atoms with van der Waals surface area (Å²) in [7, 11) is 2.64. The molecule has 4 aromatic rings. The van der Waals surface area contributed by atoms with Crippen LogP contribution in [0.5, 0.6) is 0 Å². The molecule has 0 saturated carbocycles. The SMILES string of the molecule is CN(C(=O)c1ccc(C(F)(F)F)cc1)c1ccc(C(F)(F)F)cc1.CN(C(=O)c1ccc(C(F)(F)F)cc1)c1ccc(C(F)(F)F)cc1. The summed E-state index contributed by atoms with van der Waals surface area (Å²) in [6, 6.07) is 14.9. The van der Waals surface area contributed by atoms with Crippen molar-refractivity contribution in [3.63, 3.8) is 0 Å². The van der Waals surface area contributed by atoms with E-state index in [0.717, 1.165) is 107 Å². The molecule has 256 valence electrons. The lowest BCUT2D eigenvalue weighted by molar-refractivity contribution is -0.138. The first-order chi connectivity index (χ1) is 22.0. The van der Waals surface area contributed by atoms with Crippen molar-refractivity contribution >= 4 is 23.2 Å². The van der Waals surface area contributed by atoms with Crippen LogP contribution in [-0.2, 0) is 24.7 Å². The van der Waals surface area contributed by atoms with Gasteiger partial charge >= 0.3 is 24.7 Å². The summed E-state index contributed by atoms with van der Waals surface area (Å²) in [4.78, 5) is 26.5. The van der Waals surface area contributed by atoms with E-state index in [9.17, 15) is 62.3 Å². The van der Waals surface area contributed by atoms with Gasteiger partial charge in [-0.3, -0.25) is 9.59 Å². The number of hydrogen-bond donors (Lipinski definition) is 0. The van der Waals surface area contributed by atoms with Crippen molar-refractivity contribution in [2.75, 3.05) is 23.9 Å². The van der Waals surface area contributed by atoms with Crippen molar-refractivity contribution < 1.29 is 62.3 Å². The van der Waals surface area contributed by atoms with E-state index in [1.807, 2.05) is 0 Å². The van der Waals surface area contributed by atoms with Crippen LogP contribution in [0.4, 0.5) is 64.1 Å². The quantitative estimate of drug-likeness (QED) is 0.200. The Kier molecular flexibility index (Phi) is 10.9. The molecule has 0 saturated heterocycles. The molecule has 2 amide bonds. The van der Waals surface area contributed by atoms with Crippen LogP contribution in [0.25, 0.3) is 0 Å². The third-order valence-corrected chi connectivity index (χ3v) is 6.69. The number of rotatable bonds is 4. The summed E-state index contributed by atoms with van der Waals surface area (Å²) in [6.07, 6.45) is -18.0. The van der Waals surface area contributed by atoms with Gasteiger partial charge in [0.2, 0.25) is 0 Å². The van der Waals surface area contributed by atoms with Gasteiger partial charge in [-0.05, 0) is 97.1 Å². The molecule has 0 bridgehead atoms. The van der Waals surface area contributed by atoms with E-state index in [1.54, 1.807) is 0 Å². The Labute approximate surface area is 264 Å². The molecule has 0 aromatic heterocycles. The van der Waals surface area contributed by atoms with E-state index in [-0.39, 0.29) is 22.5 Å². The zero-order valence-corrected chi connectivity index (χ0v) is 24.5. The first-order valence-electron chi connectivity index (χ1n) is 13.3. The van der Waals surface area contributed by atoms with Crippen LogP contribution < -0.4 is 9.80 Å². The Morgan fingerprint density at radius 2 is 0.562 bits per heavy atom. The highest BCUT2D eigenvalue weighted by molar-refractivity contribution is 6.06. The summed E-state index contributed by atoms with van der Waals surface area (Å²) >= 11 is 0. The average Bonchev–Trinajstić information content (AvgIpc) is 3.02. The van der Waals surface area contributed by atoms with Gasteiger partial charge in [-0.1, -0.05) is 0 Å². The number of benzene rings is 4. The molecule has 4 rings (SSSR count). The lowest BCUT2D eigenvalue weighted by Gasteiger charge is -2.18. The van der Waals surface area contributed by atoms with E-state index >= 15 is 0 Å². The van der Waals surface area contributed by atoms with Gasteiger partial charge in [0.25, 0.3) is 11.8 Å². The maximum Gasteiger partial charge on any atom is 0.416 e. The van der Waals surface area contributed by atoms with E-state index in [4.69, 9.17) is 0 Å². The first-order valence-corrected chi connectivity index (χ1v) is 13.3. The summed E-state index contributed by atoms with van der Waals surface area (Å²) in [5, 5.41) is 0. The number of anilines is 2. The van der Waals surface area contributed by atoms with Crippen LogP contribution in [0, 0.1) is 0 Å². The number of alkyl halides is 12. The van der Waals surface area contributed by atoms with Crippen molar-refractivity contribution in [1.82, 2.24) is 0 Å². The Hall–Kier alpha value is -5.02. The van der Waals surface area contributed by atoms with Crippen molar-refractivity contribution in [3.8, 4) is 0 Å². The molecule has 16 heteroatoms. The maximum atomic E-state index is 12.5. The van der Waals surface area contributed by atoms with Crippen LogP contribution in [-0.4, -0.2) is 25.9 Å². The summed E-state index contributed by atoms with van der Waals surface area (Å²) in [5.74, 6) is -1.27. The van der Waals surface area contributed by atoms with Crippen molar-refractivity contribution in [2.24, 2.45) is 0 Å². The van der Waals surface area contributed by atoms with E-state index in [0.29, 0.717) is 0 Å². The lowest BCUT2D eigenvalue weighted by Crippen LogP contribution is -2.26. The zero-order valence-electron chi connectivity index (χ0n) is 24.5. The largest absolute Gasteiger partial charge is 0.416 e. The second kappa shape index (κ2) is 14.0.